The van der Waals surface area contributed by atoms with Crippen LogP contribution in [-0.4, -0.2) is 25.9 Å². The van der Waals surface area contributed by atoms with Crippen molar-refractivity contribution >= 4 is 11.6 Å². The Hall–Kier alpha value is -0.770. The zero-order valence-corrected chi connectivity index (χ0v) is 12.5. The molecule has 1 N–H and O–H groups in total. The van der Waals surface area contributed by atoms with Crippen LogP contribution in [0.3, 0.4) is 0 Å². The molecule has 0 saturated carbocycles. The molecule has 2 aliphatic heterocycles. The molecule has 0 bridgehead atoms. The number of ether oxygens (including phenoxy) is 2. The highest BCUT2D eigenvalue weighted by Crippen LogP contribution is 2.32. The molecular formula is C16H22ClNO2. The lowest BCUT2D eigenvalue weighted by atomic mass is 9.97. The Labute approximate surface area is 125 Å². The standard InChI is InChI=1S/C16H22ClNO2/c17-14-10-12(15-5-1-2-8-18-15)6-7-16(14)20-13-4-3-9-19-11-13/h6-7,10,13,15,18H,1-5,8-9,11H2. The Morgan fingerprint density at radius 1 is 1.20 bits per heavy atom. The molecule has 3 nitrogen and oxygen atoms in total. The van der Waals surface area contributed by atoms with E-state index in [1.54, 1.807) is 0 Å². The van der Waals surface area contributed by atoms with Gasteiger partial charge in [0.05, 0.1) is 11.6 Å². The van der Waals surface area contributed by atoms with E-state index in [-0.39, 0.29) is 6.10 Å². The summed E-state index contributed by atoms with van der Waals surface area (Å²) in [6.07, 6.45) is 5.99. The molecule has 0 amide bonds. The first-order chi connectivity index (χ1) is 9.83. The van der Waals surface area contributed by atoms with Crippen molar-refractivity contribution in [3.63, 3.8) is 0 Å². The van der Waals surface area contributed by atoms with E-state index in [0.29, 0.717) is 17.7 Å². The molecule has 0 spiro atoms. The smallest absolute Gasteiger partial charge is 0.138 e. The lowest BCUT2D eigenvalue weighted by Crippen LogP contribution is -2.28. The molecule has 4 heteroatoms. The molecule has 2 heterocycles. The van der Waals surface area contributed by atoms with E-state index >= 15 is 0 Å². The van der Waals surface area contributed by atoms with E-state index in [4.69, 9.17) is 21.1 Å². The fraction of sp³-hybridized carbons (Fsp3) is 0.625. The first-order valence-electron chi connectivity index (χ1n) is 7.60. The van der Waals surface area contributed by atoms with Crippen molar-refractivity contribution in [2.24, 2.45) is 0 Å². The van der Waals surface area contributed by atoms with E-state index in [1.807, 2.05) is 12.1 Å². The summed E-state index contributed by atoms with van der Waals surface area (Å²) >= 11 is 6.37. The molecule has 2 aliphatic rings. The van der Waals surface area contributed by atoms with Gasteiger partial charge in [-0.15, -0.1) is 0 Å². The molecule has 2 atom stereocenters. The second kappa shape index (κ2) is 6.79. The van der Waals surface area contributed by atoms with Crippen molar-refractivity contribution in [1.29, 1.82) is 0 Å². The highest BCUT2D eigenvalue weighted by Gasteiger charge is 2.19. The van der Waals surface area contributed by atoms with Gasteiger partial charge >= 0.3 is 0 Å². The Bertz CT molecular complexity index is 440. The van der Waals surface area contributed by atoms with Gasteiger partial charge in [0.2, 0.25) is 0 Å². The average molecular weight is 296 g/mol. The predicted octanol–water partition coefficient (Wildman–Crippen LogP) is 3.71. The molecular weight excluding hydrogens is 274 g/mol. The molecule has 0 aliphatic carbocycles. The number of halogens is 1. The fourth-order valence-corrected chi connectivity index (χ4v) is 3.18. The highest BCUT2D eigenvalue weighted by atomic mass is 35.5. The van der Waals surface area contributed by atoms with Gasteiger partial charge in [0.1, 0.15) is 11.9 Å². The number of piperidine rings is 1. The van der Waals surface area contributed by atoms with Crippen LogP contribution in [-0.2, 0) is 4.74 Å². The zero-order valence-electron chi connectivity index (χ0n) is 11.7. The number of benzene rings is 1. The molecule has 0 aromatic heterocycles. The monoisotopic (exact) mass is 295 g/mol. The minimum Gasteiger partial charge on any atom is -0.486 e. The van der Waals surface area contributed by atoms with E-state index in [9.17, 15) is 0 Å². The Kier molecular flexibility index (Phi) is 4.81. The largest absolute Gasteiger partial charge is 0.486 e. The lowest BCUT2D eigenvalue weighted by molar-refractivity contribution is 0.00746. The van der Waals surface area contributed by atoms with Gasteiger partial charge in [0.15, 0.2) is 0 Å². The van der Waals surface area contributed by atoms with Gasteiger partial charge in [0.25, 0.3) is 0 Å². The Balaban J connectivity index is 1.66. The third kappa shape index (κ3) is 3.46. The lowest BCUT2D eigenvalue weighted by Gasteiger charge is -2.26. The van der Waals surface area contributed by atoms with Crippen molar-refractivity contribution in [3.05, 3.63) is 28.8 Å². The van der Waals surface area contributed by atoms with Gasteiger partial charge in [-0.25, -0.2) is 0 Å². The minimum atomic E-state index is 0.139. The third-order valence-electron chi connectivity index (χ3n) is 4.08. The fourth-order valence-electron chi connectivity index (χ4n) is 2.95. The molecule has 1 aromatic carbocycles. The van der Waals surface area contributed by atoms with Crippen LogP contribution >= 0.6 is 11.6 Å². The minimum absolute atomic E-state index is 0.139. The first-order valence-corrected chi connectivity index (χ1v) is 7.98. The topological polar surface area (TPSA) is 30.5 Å². The summed E-state index contributed by atoms with van der Waals surface area (Å²) in [5.41, 5.74) is 1.27. The molecule has 0 radical (unpaired) electrons. The number of hydrogen-bond donors (Lipinski definition) is 1. The molecule has 3 rings (SSSR count). The van der Waals surface area contributed by atoms with Crippen LogP contribution in [0, 0.1) is 0 Å². The summed E-state index contributed by atoms with van der Waals surface area (Å²) in [4.78, 5) is 0. The molecule has 20 heavy (non-hydrogen) atoms. The Morgan fingerprint density at radius 2 is 2.15 bits per heavy atom. The van der Waals surface area contributed by atoms with Crippen LogP contribution in [0.1, 0.15) is 43.7 Å². The summed E-state index contributed by atoms with van der Waals surface area (Å²) in [5.74, 6) is 0.779. The Morgan fingerprint density at radius 3 is 2.85 bits per heavy atom. The summed E-state index contributed by atoms with van der Waals surface area (Å²) in [5, 5.41) is 4.25. The average Bonchev–Trinajstić information content (AvgIpc) is 2.51. The maximum absolute atomic E-state index is 6.37. The predicted molar refractivity (Wildman–Crippen MR) is 80.5 cm³/mol. The summed E-state index contributed by atoms with van der Waals surface area (Å²) < 4.78 is 11.4. The van der Waals surface area contributed by atoms with E-state index < -0.39 is 0 Å². The van der Waals surface area contributed by atoms with Crippen LogP contribution in [0.4, 0.5) is 0 Å². The zero-order chi connectivity index (χ0) is 13.8. The second-order valence-corrected chi connectivity index (χ2v) is 6.06. The van der Waals surface area contributed by atoms with Gasteiger partial charge in [-0.3, -0.25) is 0 Å². The number of rotatable bonds is 3. The number of hydrogen-bond acceptors (Lipinski definition) is 3. The molecule has 2 saturated heterocycles. The quantitative estimate of drug-likeness (QED) is 0.922. The highest BCUT2D eigenvalue weighted by molar-refractivity contribution is 6.32. The van der Waals surface area contributed by atoms with Crippen molar-refractivity contribution in [1.82, 2.24) is 5.32 Å². The van der Waals surface area contributed by atoms with Gasteiger partial charge in [0, 0.05) is 12.6 Å². The molecule has 1 aromatic rings. The third-order valence-corrected chi connectivity index (χ3v) is 4.38. The van der Waals surface area contributed by atoms with Crippen LogP contribution in [0.25, 0.3) is 0 Å². The van der Waals surface area contributed by atoms with E-state index in [0.717, 1.165) is 31.7 Å². The maximum Gasteiger partial charge on any atom is 0.138 e. The van der Waals surface area contributed by atoms with Crippen molar-refractivity contribution in [2.75, 3.05) is 19.8 Å². The maximum atomic E-state index is 6.37. The molecule has 110 valence electrons. The van der Waals surface area contributed by atoms with E-state index in [2.05, 4.69) is 11.4 Å². The first kappa shape index (κ1) is 14.2. The summed E-state index contributed by atoms with van der Waals surface area (Å²) in [7, 11) is 0. The van der Waals surface area contributed by atoms with Gasteiger partial charge in [-0.05, 0) is 49.9 Å². The van der Waals surface area contributed by atoms with Gasteiger partial charge < -0.3 is 14.8 Å². The van der Waals surface area contributed by atoms with Gasteiger partial charge in [-0.1, -0.05) is 24.1 Å². The van der Waals surface area contributed by atoms with Crippen LogP contribution in [0.15, 0.2) is 18.2 Å². The van der Waals surface area contributed by atoms with Gasteiger partial charge in [-0.2, -0.15) is 0 Å². The van der Waals surface area contributed by atoms with E-state index in [1.165, 1.54) is 24.8 Å². The van der Waals surface area contributed by atoms with Crippen molar-refractivity contribution < 1.29 is 9.47 Å². The van der Waals surface area contributed by atoms with Crippen LogP contribution in [0.2, 0.25) is 5.02 Å². The normalized spacial score (nSPS) is 27.2. The SMILES string of the molecule is Clc1cc(C2CCCCN2)ccc1OC1CCCOC1. The van der Waals surface area contributed by atoms with Crippen LogP contribution < -0.4 is 10.1 Å². The summed E-state index contributed by atoms with van der Waals surface area (Å²) in [6.45, 7) is 2.61. The van der Waals surface area contributed by atoms with Crippen molar-refractivity contribution in [2.45, 2.75) is 44.2 Å². The van der Waals surface area contributed by atoms with Crippen molar-refractivity contribution in [3.8, 4) is 5.75 Å². The number of nitrogens with one attached hydrogen (secondary N) is 1. The second-order valence-electron chi connectivity index (χ2n) is 5.65. The molecule has 2 unspecified atom stereocenters. The van der Waals surface area contributed by atoms with Crippen LogP contribution in [0.5, 0.6) is 5.75 Å². The molecule has 2 fully saturated rings. The summed E-state index contributed by atoms with van der Waals surface area (Å²) in [6, 6.07) is 6.62.